The Morgan fingerprint density at radius 3 is 2.78 bits per heavy atom. The van der Waals surface area contributed by atoms with Crippen molar-refractivity contribution < 1.29 is 9.47 Å². The number of halogens is 1. The van der Waals surface area contributed by atoms with Gasteiger partial charge >= 0.3 is 0 Å². The molecule has 0 N–H and O–H groups in total. The SMILES string of the molecule is CCOc1ccc(C(=S)N2CCOCC2)cc1Br. The first kappa shape index (κ1) is 13.8. The van der Waals surface area contributed by atoms with Gasteiger partial charge < -0.3 is 14.4 Å². The maximum absolute atomic E-state index is 5.52. The van der Waals surface area contributed by atoms with Gasteiger partial charge in [0.1, 0.15) is 10.7 Å². The third-order valence-electron chi connectivity index (χ3n) is 2.78. The second-order valence-electron chi connectivity index (χ2n) is 3.98. The third-order valence-corrected chi connectivity index (χ3v) is 3.89. The van der Waals surface area contributed by atoms with Crippen LogP contribution in [0.25, 0.3) is 0 Å². The second kappa shape index (κ2) is 6.50. The molecule has 0 radical (unpaired) electrons. The molecule has 2 rings (SSSR count). The van der Waals surface area contributed by atoms with E-state index in [0.717, 1.165) is 47.1 Å². The Kier molecular flexibility index (Phi) is 4.97. The van der Waals surface area contributed by atoms with E-state index in [1.807, 2.05) is 25.1 Å². The summed E-state index contributed by atoms with van der Waals surface area (Å²) in [5, 5.41) is 0. The van der Waals surface area contributed by atoms with Crippen molar-refractivity contribution in [1.29, 1.82) is 0 Å². The molecule has 1 aromatic carbocycles. The van der Waals surface area contributed by atoms with Crippen molar-refractivity contribution in [2.24, 2.45) is 0 Å². The second-order valence-corrected chi connectivity index (χ2v) is 5.22. The lowest BCUT2D eigenvalue weighted by atomic mass is 10.2. The molecule has 0 unspecified atom stereocenters. The highest BCUT2D eigenvalue weighted by atomic mass is 79.9. The summed E-state index contributed by atoms with van der Waals surface area (Å²) in [4.78, 5) is 3.06. The molecule has 1 saturated heterocycles. The monoisotopic (exact) mass is 329 g/mol. The third kappa shape index (κ3) is 3.22. The number of hydrogen-bond acceptors (Lipinski definition) is 3. The number of rotatable bonds is 3. The molecule has 0 amide bonds. The highest BCUT2D eigenvalue weighted by molar-refractivity contribution is 9.10. The Balaban J connectivity index is 2.12. The Hall–Kier alpha value is -0.650. The van der Waals surface area contributed by atoms with E-state index in [1.54, 1.807) is 0 Å². The van der Waals surface area contributed by atoms with Crippen molar-refractivity contribution in [3.8, 4) is 5.75 Å². The Morgan fingerprint density at radius 1 is 1.44 bits per heavy atom. The molecule has 1 aliphatic rings. The van der Waals surface area contributed by atoms with E-state index in [0.29, 0.717) is 6.61 Å². The Bertz CT molecular complexity index is 433. The lowest BCUT2D eigenvalue weighted by Crippen LogP contribution is -2.40. The van der Waals surface area contributed by atoms with Gasteiger partial charge in [0.15, 0.2) is 0 Å². The minimum absolute atomic E-state index is 0.659. The Morgan fingerprint density at radius 2 is 2.17 bits per heavy atom. The van der Waals surface area contributed by atoms with Crippen LogP contribution in [0.2, 0.25) is 0 Å². The van der Waals surface area contributed by atoms with Gasteiger partial charge in [-0.25, -0.2) is 0 Å². The smallest absolute Gasteiger partial charge is 0.133 e. The molecule has 5 heteroatoms. The van der Waals surface area contributed by atoms with Crippen molar-refractivity contribution in [1.82, 2.24) is 4.90 Å². The molecule has 0 bridgehead atoms. The van der Waals surface area contributed by atoms with Gasteiger partial charge in [-0.2, -0.15) is 0 Å². The highest BCUT2D eigenvalue weighted by Gasteiger charge is 2.16. The van der Waals surface area contributed by atoms with Gasteiger partial charge in [-0.3, -0.25) is 0 Å². The van der Waals surface area contributed by atoms with E-state index >= 15 is 0 Å². The van der Waals surface area contributed by atoms with E-state index in [4.69, 9.17) is 21.7 Å². The molecule has 1 fully saturated rings. The van der Waals surface area contributed by atoms with Crippen LogP contribution in [0.5, 0.6) is 5.75 Å². The van der Waals surface area contributed by atoms with Crippen LogP contribution in [0.15, 0.2) is 22.7 Å². The quantitative estimate of drug-likeness (QED) is 0.795. The normalized spacial score (nSPS) is 15.6. The molecule has 0 aromatic heterocycles. The number of benzene rings is 1. The first-order valence-corrected chi connectivity index (χ1v) is 7.22. The minimum Gasteiger partial charge on any atom is -0.493 e. The average molecular weight is 330 g/mol. The van der Waals surface area contributed by atoms with Crippen molar-refractivity contribution >= 4 is 33.1 Å². The Labute approximate surface area is 121 Å². The molecular formula is C13H16BrNO2S. The van der Waals surface area contributed by atoms with Gasteiger partial charge in [-0.05, 0) is 41.1 Å². The van der Waals surface area contributed by atoms with Crippen LogP contribution < -0.4 is 4.74 Å². The fourth-order valence-electron chi connectivity index (χ4n) is 1.86. The van der Waals surface area contributed by atoms with E-state index in [2.05, 4.69) is 20.8 Å². The molecular weight excluding hydrogens is 314 g/mol. The summed E-state index contributed by atoms with van der Waals surface area (Å²) in [6.45, 7) is 5.86. The molecule has 18 heavy (non-hydrogen) atoms. The minimum atomic E-state index is 0.659. The van der Waals surface area contributed by atoms with E-state index < -0.39 is 0 Å². The lowest BCUT2D eigenvalue weighted by Gasteiger charge is -2.29. The first-order chi connectivity index (χ1) is 8.72. The lowest BCUT2D eigenvalue weighted by molar-refractivity contribution is 0.0693. The zero-order chi connectivity index (χ0) is 13.0. The van der Waals surface area contributed by atoms with Crippen LogP contribution in [0.1, 0.15) is 12.5 Å². The summed E-state index contributed by atoms with van der Waals surface area (Å²) in [6, 6.07) is 5.98. The van der Waals surface area contributed by atoms with Gasteiger partial charge in [-0.1, -0.05) is 12.2 Å². The van der Waals surface area contributed by atoms with E-state index in [-0.39, 0.29) is 0 Å². The summed E-state index contributed by atoms with van der Waals surface area (Å²) >= 11 is 9.03. The van der Waals surface area contributed by atoms with Crippen LogP contribution in [-0.4, -0.2) is 42.8 Å². The maximum Gasteiger partial charge on any atom is 0.133 e. The van der Waals surface area contributed by atoms with E-state index in [1.165, 1.54) is 0 Å². The number of ether oxygens (including phenoxy) is 2. The fourth-order valence-corrected chi connectivity index (χ4v) is 2.66. The molecule has 1 heterocycles. The number of nitrogens with zero attached hydrogens (tertiary/aromatic N) is 1. The molecule has 0 aliphatic carbocycles. The van der Waals surface area contributed by atoms with Crippen LogP contribution in [0.4, 0.5) is 0 Å². The van der Waals surface area contributed by atoms with Crippen LogP contribution in [0, 0.1) is 0 Å². The van der Waals surface area contributed by atoms with Crippen LogP contribution >= 0.6 is 28.1 Å². The first-order valence-electron chi connectivity index (χ1n) is 6.01. The van der Waals surface area contributed by atoms with Crippen molar-refractivity contribution in [2.45, 2.75) is 6.92 Å². The number of thiocarbonyl (C=S) groups is 1. The highest BCUT2D eigenvalue weighted by Crippen LogP contribution is 2.26. The van der Waals surface area contributed by atoms with Gasteiger partial charge in [0.2, 0.25) is 0 Å². The number of morpholine rings is 1. The van der Waals surface area contributed by atoms with Gasteiger partial charge in [-0.15, -0.1) is 0 Å². The topological polar surface area (TPSA) is 21.7 Å². The standard InChI is InChI=1S/C13H16BrNO2S/c1-2-17-12-4-3-10(9-11(12)14)13(18)15-5-7-16-8-6-15/h3-4,9H,2,5-8H2,1H3. The zero-order valence-corrected chi connectivity index (χ0v) is 12.7. The van der Waals surface area contributed by atoms with Gasteiger partial charge in [0.25, 0.3) is 0 Å². The molecule has 98 valence electrons. The summed E-state index contributed by atoms with van der Waals surface area (Å²) in [7, 11) is 0. The average Bonchev–Trinajstić information content (AvgIpc) is 2.41. The molecule has 1 aliphatic heterocycles. The molecule has 0 spiro atoms. The molecule has 1 aromatic rings. The summed E-state index contributed by atoms with van der Waals surface area (Å²) < 4.78 is 11.8. The summed E-state index contributed by atoms with van der Waals surface area (Å²) in [5.41, 5.74) is 1.04. The largest absolute Gasteiger partial charge is 0.493 e. The summed E-state index contributed by atoms with van der Waals surface area (Å²) in [5.74, 6) is 0.853. The van der Waals surface area contributed by atoms with Gasteiger partial charge in [0, 0.05) is 18.7 Å². The molecule has 3 nitrogen and oxygen atoms in total. The maximum atomic E-state index is 5.52. The van der Waals surface area contributed by atoms with Crippen LogP contribution in [-0.2, 0) is 4.74 Å². The van der Waals surface area contributed by atoms with Crippen molar-refractivity contribution in [3.63, 3.8) is 0 Å². The molecule has 0 atom stereocenters. The number of hydrogen-bond donors (Lipinski definition) is 0. The molecule has 0 saturated carbocycles. The van der Waals surface area contributed by atoms with Crippen molar-refractivity contribution in [3.05, 3.63) is 28.2 Å². The van der Waals surface area contributed by atoms with Crippen LogP contribution in [0.3, 0.4) is 0 Å². The van der Waals surface area contributed by atoms with Gasteiger partial charge in [0.05, 0.1) is 24.3 Å². The fraction of sp³-hybridized carbons (Fsp3) is 0.462. The predicted octanol–water partition coefficient (Wildman–Crippen LogP) is 2.86. The predicted molar refractivity (Wildman–Crippen MR) is 79.4 cm³/mol. The van der Waals surface area contributed by atoms with E-state index in [9.17, 15) is 0 Å². The summed E-state index contributed by atoms with van der Waals surface area (Å²) in [6.07, 6.45) is 0. The van der Waals surface area contributed by atoms with Crippen molar-refractivity contribution in [2.75, 3.05) is 32.9 Å². The zero-order valence-electron chi connectivity index (χ0n) is 10.3.